The van der Waals surface area contributed by atoms with E-state index >= 15 is 0 Å². The third-order valence-electron chi connectivity index (χ3n) is 3.03. The zero-order chi connectivity index (χ0) is 11.5. The van der Waals surface area contributed by atoms with Crippen LogP contribution >= 0.6 is 0 Å². The second-order valence-electron chi connectivity index (χ2n) is 4.44. The Balaban J connectivity index is 2.19. The molecule has 1 unspecified atom stereocenters. The highest BCUT2D eigenvalue weighted by Crippen LogP contribution is 2.17. The van der Waals surface area contributed by atoms with Crippen molar-refractivity contribution in [1.82, 2.24) is 15.1 Å². The van der Waals surface area contributed by atoms with Crippen LogP contribution in [0.4, 0.5) is 5.82 Å². The maximum atomic E-state index is 5.81. The van der Waals surface area contributed by atoms with Crippen LogP contribution in [0.2, 0.25) is 0 Å². The molecule has 5 heteroatoms. The number of nitrogens with two attached hydrogens (primary N) is 1. The number of nitrogens with zero attached hydrogens (tertiary/aromatic N) is 4. The highest BCUT2D eigenvalue weighted by molar-refractivity contribution is 5.41. The first kappa shape index (κ1) is 11.3. The van der Waals surface area contributed by atoms with E-state index in [2.05, 4.69) is 33.1 Å². The molecule has 0 aromatic carbocycles. The molecule has 1 aromatic rings. The monoisotopic (exact) mass is 221 g/mol. The van der Waals surface area contributed by atoms with Gasteiger partial charge < -0.3 is 15.5 Å². The fraction of sp³-hybridized carbons (Fsp3) is 0.636. The van der Waals surface area contributed by atoms with Crippen molar-refractivity contribution in [2.45, 2.75) is 13.0 Å². The van der Waals surface area contributed by atoms with Crippen molar-refractivity contribution >= 4 is 5.82 Å². The molecule has 0 amide bonds. The number of rotatable bonds is 2. The summed E-state index contributed by atoms with van der Waals surface area (Å²) in [5.74, 6) is 0.948. The molecule has 1 atom stereocenters. The molecule has 0 spiro atoms. The molecule has 1 aliphatic rings. The van der Waals surface area contributed by atoms with E-state index in [1.807, 2.05) is 6.92 Å². The van der Waals surface area contributed by atoms with Crippen molar-refractivity contribution in [2.75, 3.05) is 38.1 Å². The van der Waals surface area contributed by atoms with E-state index in [-0.39, 0.29) is 0 Å². The van der Waals surface area contributed by atoms with Crippen LogP contribution in [-0.2, 0) is 0 Å². The number of hydrogen-bond acceptors (Lipinski definition) is 5. The Morgan fingerprint density at radius 3 is 3.00 bits per heavy atom. The van der Waals surface area contributed by atoms with Gasteiger partial charge in [0, 0.05) is 26.2 Å². The van der Waals surface area contributed by atoms with Gasteiger partial charge in [-0.05, 0) is 25.6 Å². The molecule has 0 radical (unpaired) electrons. The van der Waals surface area contributed by atoms with Crippen LogP contribution in [0.1, 0.15) is 5.56 Å². The lowest BCUT2D eigenvalue weighted by molar-refractivity contribution is 0.268. The van der Waals surface area contributed by atoms with Crippen molar-refractivity contribution in [3.63, 3.8) is 0 Å². The molecule has 0 saturated carbocycles. The first-order chi connectivity index (χ1) is 7.70. The molecule has 0 aliphatic carbocycles. The van der Waals surface area contributed by atoms with Crippen LogP contribution in [0.3, 0.4) is 0 Å². The molecular formula is C11H19N5. The molecule has 1 aliphatic heterocycles. The Morgan fingerprint density at radius 1 is 1.50 bits per heavy atom. The third-order valence-corrected chi connectivity index (χ3v) is 3.03. The maximum Gasteiger partial charge on any atom is 0.151 e. The summed E-state index contributed by atoms with van der Waals surface area (Å²) in [5, 5.41) is 8.19. The van der Waals surface area contributed by atoms with Crippen molar-refractivity contribution in [3.8, 4) is 0 Å². The number of aryl methyl sites for hydroxylation is 1. The molecule has 5 nitrogen and oxygen atoms in total. The van der Waals surface area contributed by atoms with Crippen molar-refractivity contribution in [3.05, 3.63) is 17.8 Å². The minimum atomic E-state index is 0.342. The number of likely N-dealkylation sites (N-methyl/N-ethyl adjacent to an activating group) is 1. The second kappa shape index (κ2) is 4.76. The van der Waals surface area contributed by atoms with Gasteiger partial charge >= 0.3 is 0 Å². The van der Waals surface area contributed by atoms with Gasteiger partial charge in [0.15, 0.2) is 5.82 Å². The molecule has 2 N–H and O–H groups in total. The predicted molar refractivity (Wildman–Crippen MR) is 64.5 cm³/mol. The van der Waals surface area contributed by atoms with Crippen LogP contribution in [0, 0.1) is 6.92 Å². The Hall–Kier alpha value is -1.20. The minimum absolute atomic E-state index is 0.342. The molecule has 1 fully saturated rings. The average molecular weight is 221 g/mol. The summed E-state index contributed by atoms with van der Waals surface area (Å²) in [6.07, 6.45) is 1.77. The fourth-order valence-electron chi connectivity index (χ4n) is 2.10. The van der Waals surface area contributed by atoms with Crippen LogP contribution in [0.5, 0.6) is 0 Å². The fourth-order valence-corrected chi connectivity index (χ4v) is 2.10. The van der Waals surface area contributed by atoms with Gasteiger partial charge in [-0.15, -0.1) is 5.10 Å². The SMILES string of the molecule is Cc1cnnc(N2CCN(C)CC2CN)c1. The topological polar surface area (TPSA) is 58.3 Å². The smallest absolute Gasteiger partial charge is 0.151 e. The van der Waals surface area contributed by atoms with Crippen LogP contribution < -0.4 is 10.6 Å². The zero-order valence-electron chi connectivity index (χ0n) is 9.93. The largest absolute Gasteiger partial charge is 0.348 e. The summed E-state index contributed by atoms with van der Waals surface area (Å²) in [6.45, 7) is 5.69. The Labute approximate surface area is 96.2 Å². The Kier molecular flexibility index (Phi) is 3.36. The van der Waals surface area contributed by atoms with Crippen molar-refractivity contribution in [1.29, 1.82) is 0 Å². The van der Waals surface area contributed by atoms with E-state index in [0.717, 1.165) is 31.0 Å². The molecule has 2 rings (SSSR count). The summed E-state index contributed by atoms with van der Waals surface area (Å²) in [6, 6.07) is 2.41. The quantitative estimate of drug-likeness (QED) is 0.753. The summed E-state index contributed by atoms with van der Waals surface area (Å²) >= 11 is 0. The molecule has 2 heterocycles. The average Bonchev–Trinajstić information content (AvgIpc) is 2.28. The first-order valence-corrected chi connectivity index (χ1v) is 5.65. The third kappa shape index (κ3) is 2.31. The van der Waals surface area contributed by atoms with Gasteiger partial charge in [-0.25, -0.2) is 0 Å². The maximum absolute atomic E-state index is 5.81. The van der Waals surface area contributed by atoms with Gasteiger partial charge in [0.05, 0.1) is 12.2 Å². The van der Waals surface area contributed by atoms with Crippen molar-refractivity contribution < 1.29 is 0 Å². The van der Waals surface area contributed by atoms with Crippen LogP contribution in [0.15, 0.2) is 12.3 Å². The number of aromatic nitrogens is 2. The summed E-state index contributed by atoms with van der Waals surface area (Å²) in [4.78, 5) is 4.57. The second-order valence-corrected chi connectivity index (χ2v) is 4.44. The van der Waals surface area contributed by atoms with Gasteiger partial charge in [-0.1, -0.05) is 0 Å². The van der Waals surface area contributed by atoms with Gasteiger partial charge in [0.25, 0.3) is 0 Å². The molecule has 1 saturated heterocycles. The van der Waals surface area contributed by atoms with Crippen molar-refractivity contribution in [2.24, 2.45) is 5.73 Å². The van der Waals surface area contributed by atoms with Crippen LogP contribution in [-0.4, -0.2) is 54.4 Å². The van der Waals surface area contributed by atoms with E-state index in [1.165, 1.54) is 0 Å². The summed E-state index contributed by atoms with van der Waals surface area (Å²) in [7, 11) is 2.13. The summed E-state index contributed by atoms with van der Waals surface area (Å²) in [5.41, 5.74) is 6.95. The predicted octanol–water partition coefficient (Wildman–Crippen LogP) is -0.136. The van der Waals surface area contributed by atoms with E-state index in [9.17, 15) is 0 Å². The van der Waals surface area contributed by atoms with E-state index in [1.54, 1.807) is 6.20 Å². The van der Waals surface area contributed by atoms with E-state index in [0.29, 0.717) is 12.6 Å². The lowest BCUT2D eigenvalue weighted by Gasteiger charge is -2.40. The van der Waals surface area contributed by atoms with Crippen LogP contribution in [0.25, 0.3) is 0 Å². The zero-order valence-corrected chi connectivity index (χ0v) is 9.93. The molecular weight excluding hydrogens is 202 g/mol. The van der Waals surface area contributed by atoms with E-state index < -0.39 is 0 Å². The van der Waals surface area contributed by atoms with Gasteiger partial charge in [0.1, 0.15) is 0 Å². The number of piperazine rings is 1. The van der Waals surface area contributed by atoms with E-state index in [4.69, 9.17) is 5.73 Å². The number of hydrogen-bond donors (Lipinski definition) is 1. The first-order valence-electron chi connectivity index (χ1n) is 5.65. The Morgan fingerprint density at radius 2 is 2.31 bits per heavy atom. The lowest BCUT2D eigenvalue weighted by atomic mass is 10.1. The highest BCUT2D eigenvalue weighted by atomic mass is 15.3. The summed E-state index contributed by atoms with van der Waals surface area (Å²) < 4.78 is 0. The Bertz CT molecular complexity index is 354. The number of anilines is 1. The highest BCUT2D eigenvalue weighted by Gasteiger charge is 2.25. The minimum Gasteiger partial charge on any atom is -0.348 e. The van der Waals surface area contributed by atoms with Gasteiger partial charge in [-0.2, -0.15) is 5.10 Å². The lowest BCUT2D eigenvalue weighted by Crippen LogP contribution is -2.55. The molecule has 1 aromatic heterocycles. The molecule has 0 bridgehead atoms. The standard InChI is InChI=1S/C11H19N5/c1-9-5-11(14-13-7-9)16-4-3-15(2)8-10(16)6-12/h5,7,10H,3-4,6,8,12H2,1-2H3. The molecule has 88 valence electrons. The normalized spacial score (nSPS) is 22.4. The molecule has 16 heavy (non-hydrogen) atoms. The van der Waals surface area contributed by atoms with Gasteiger partial charge in [0.2, 0.25) is 0 Å². The van der Waals surface area contributed by atoms with Gasteiger partial charge in [-0.3, -0.25) is 0 Å².